The third-order valence-corrected chi connectivity index (χ3v) is 4.55. The van der Waals surface area contributed by atoms with Crippen LogP contribution in [0, 0.1) is 17.7 Å². The standard InChI is InChI=1S/C17H26FN/c1-12(2)14-9-17(10-14,11-19-13(3)4)15-5-7-16(18)8-6-15/h5-8,12-14,19H,9-11H2,1-4H3. The van der Waals surface area contributed by atoms with E-state index in [2.05, 4.69) is 33.0 Å². The summed E-state index contributed by atoms with van der Waals surface area (Å²) in [5.41, 5.74) is 1.51. The first-order chi connectivity index (χ1) is 8.93. The largest absolute Gasteiger partial charge is 0.314 e. The Labute approximate surface area is 116 Å². The van der Waals surface area contributed by atoms with Gasteiger partial charge in [0.2, 0.25) is 0 Å². The smallest absolute Gasteiger partial charge is 0.123 e. The summed E-state index contributed by atoms with van der Waals surface area (Å²) in [7, 11) is 0. The molecule has 1 nitrogen and oxygen atoms in total. The first kappa shape index (κ1) is 14.5. The molecule has 106 valence electrons. The van der Waals surface area contributed by atoms with Gasteiger partial charge in [-0.3, -0.25) is 0 Å². The molecule has 1 aliphatic carbocycles. The molecule has 19 heavy (non-hydrogen) atoms. The molecule has 0 radical (unpaired) electrons. The van der Waals surface area contributed by atoms with Crippen LogP contribution in [-0.2, 0) is 5.41 Å². The Morgan fingerprint density at radius 3 is 2.21 bits per heavy atom. The lowest BCUT2D eigenvalue weighted by Gasteiger charge is -2.50. The lowest BCUT2D eigenvalue weighted by atomic mass is 9.56. The predicted molar refractivity (Wildman–Crippen MR) is 78.8 cm³/mol. The predicted octanol–water partition coefficient (Wildman–Crippen LogP) is 4.13. The Bertz CT molecular complexity index is 396. The van der Waals surface area contributed by atoms with E-state index in [0.29, 0.717) is 6.04 Å². The molecule has 0 bridgehead atoms. The van der Waals surface area contributed by atoms with Crippen molar-refractivity contribution in [2.45, 2.75) is 52.0 Å². The van der Waals surface area contributed by atoms with Crippen LogP contribution in [0.4, 0.5) is 4.39 Å². The molecule has 0 unspecified atom stereocenters. The van der Waals surface area contributed by atoms with Gasteiger partial charge < -0.3 is 5.32 Å². The quantitative estimate of drug-likeness (QED) is 0.842. The summed E-state index contributed by atoms with van der Waals surface area (Å²) in [4.78, 5) is 0. The van der Waals surface area contributed by atoms with Crippen molar-refractivity contribution in [2.24, 2.45) is 11.8 Å². The van der Waals surface area contributed by atoms with Crippen LogP contribution in [0.2, 0.25) is 0 Å². The lowest BCUT2D eigenvalue weighted by molar-refractivity contribution is 0.0958. The number of hydrogen-bond acceptors (Lipinski definition) is 1. The summed E-state index contributed by atoms with van der Waals surface area (Å²) < 4.78 is 13.1. The van der Waals surface area contributed by atoms with Gasteiger partial charge in [0.25, 0.3) is 0 Å². The van der Waals surface area contributed by atoms with Crippen molar-refractivity contribution in [1.82, 2.24) is 5.32 Å². The molecule has 1 fully saturated rings. The summed E-state index contributed by atoms with van der Waals surface area (Å²) in [5, 5.41) is 3.57. The van der Waals surface area contributed by atoms with Gasteiger partial charge in [-0.1, -0.05) is 39.8 Å². The Morgan fingerprint density at radius 2 is 1.74 bits per heavy atom. The van der Waals surface area contributed by atoms with Gasteiger partial charge in [-0.15, -0.1) is 0 Å². The van der Waals surface area contributed by atoms with Crippen molar-refractivity contribution in [3.8, 4) is 0 Å². The van der Waals surface area contributed by atoms with Gasteiger partial charge in [-0.05, 0) is 42.4 Å². The second-order valence-electron chi connectivity index (χ2n) is 6.74. The Hall–Kier alpha value is -0.890. The van der Waals surface area contributed by atoms with Gasteiger partial charge in [0.1, 0.15) is 5.82 Å². The SMILES string of the molecule is CC(C)NCC1(c2ccc(F)cc2)CC(C(C)C)C1. The molecule has 0 aliphatic heterocycles. The molecule has 1 aromatic carbocycles. The van der Waals surface area contributed by atoms with Crippen molar-refractivity contribution in [3.05, 3.63) is 35.6 Å². The van der Waals surface area contributed by atoms with Crippen LogP contribution in [0.1, 0.15) is 46.1 Å². The van der Waals surface area contributed by atoms with Crippen molar-refractivity contribution >= 4 is 0 Å². The van der Waals surface area contributed by atoms with E-state index >= 15 is 0 Å². The first-order valence-corrected chi connectivity index (χ1v) is 7.42. The Kier molecular flexibility index (Phi) is 4.29. The molecule has 0 aromatic heterocycles. The maximum atomic E-state index is 13.1. The van der Waals surface area contributed by atoms with Gasteiger partial charge in [-0.25, -0.2) is 4.39 Å². The van der Waals surface area contributed by atoms with Gasteiger partial charge in [0.05, 0.1) is 0 Å². The fourth-order valence-corrected chi connectivity index (χ4v) is 3.10. The zero-order chi connectivity index (χ0) is 14.0. The molecule has 0 spiro atoms. The molecule has 1 aliphatic rings. The summed E-state index contributed by atoms with van der Waals surface area (Å²) in [6, 6.07) is 7.61. The van der Waals surface area contributed by atoms with Crippen LogP contribution >= 0.6 is 0 Å². The third kappa shape index (κ3) is 3.17. The van der Waals surface area contributed by atoms with E-state index in [1.165, 1.54) is 18.4 Å². The minimum absolute atomic E-state index is 0.143. The highest BCUT2D eigenvalue weighted by Gasteiger charge is 2.46. The molecule has 0 saturated heterocycles. The van der Waals surface area contributed by atoms with Gasteiger partial charge in [0, 0.05) is 18.0 Å². The van der Waals surface area contributed by atoms with Crippen molar-refractivity contribution in [2.75, 3.05) is 6.54 Å². The van der Waals surface area contributed by atoms with E-state index in [1.807, 2.05) is 12.1 Å². The zero-order valence-corrected chi connectivity index (χ0v) is 12.5. The number of nitrogens with one attached hydrogen (secondary N) is 1. The minimum Gasteiger partial charge on any atom is -0.314 e. The number of hydrogen-bond donors (Lipinski definition) is 1. The third-order valence-electron chi connectivity index (χ3n) is 4.55. The van der Waals surface area contributed by atoms with Crippen LogP contribution in [0.3, 0.4) is 0 Å². The molecular weight excluding hydrogens is 237 g/mol. The lowest BCUT2D eigenvalue weighted by Crippen LogP contribution is -2.51. The molecule has 1 saturated carbocycles. The molecule has 0 amide bonds. The summed E-state index contributed by atoms with van der Waals surface area (Å²) >= 11 is 0. The average Bonchev–Trinajstić information content (AvgIpc) is 2.28. The highest BCUT2D eigenvalue weighted by molar-refractivity contribution is 5.30. The second-order valence-corrected chi connectivity index (χ2v) is 6.74. The Balaban J connectivity index is 2.14. The highest BCUT2D eigenvalue weighted by atomic mass is 19.1. The summed E-state index contributed by atoms with van der Waals surface area (Å²) in [6.45, 7) is 9.96. The highest BCUT2D eigenvalue weighted by Crippen LogP contribution is 2.50. The van der Waals surface area contributed by atoms with E-state index in [1.54, 1.807) is 12.1 Å². The molecule has 1 aromatic rings. The maximum absolute atomic E-state index is 13.1. The van der Waals surface area contributed by atoms with Gasteiger partial charge in [-0.2, -0.15) is 0 Å². The fourth-order valence-electron chi connectivity index (χ4n) is 3.10. The topological polar surface area (TPSA) is 12.0 Å². The molecule has 2 heteroatoms. The number of halogens is 1. The Morgan fingerprint density at radius 1 is 1.16 bits per heavy atom. The van der Waals surface area contributed by atoms with Crippen molar-refractivity contribution in [3.63, 3.8) is 0 Å². The molecular formula is C17H26FN. The van der Waals surface area contributed by atoms with Crippen LogP contribution in [-0.4, -0.2) is 12.6 Å². The molecule has 0 atom stereocenters. The van der Waals surface area contributed by atoms with E-state index in [-0.39, 0.29) is 11.2 Å². The van der Waals surface area contributed by atoms with E-state index in [0.717, 1.165) is 18.4 Å². The van der Waals surface area contributed by atoms with Crippen LogP contribution in [0.15, 0.2) is 24.3 Å². The van der Waals surface area contributed by atoms with Crippen molar-refractivity contribution < 1.29 is 4.39 Å². The molecule has 0 heterocycles. The van der Waals surface area contributed by atoms with Crippen LogP contribution < -0.4 is 5.32 Å². The maximum Gasteiger partial charge on any atom is 0.123 e. The normalized spacial score (nSPS) is 26.8. The second kappa shape index (κ2) is 5.62. The zero-order valence-electron chi connectivity index (χ0n) is 12.5. The first-order valence-electron chi connectivity index (χ1n) is 7.42. The number of benzene rings is 1. The van der Waals surface area contributed by atoms with E-state index in [4.69, 9.17) is 0 Å². The number of rotatable bonds is 5. The minimum atomic E-state index is -0.143. The fraction of sp³-hybridized carbons (Fsp3) is 0.647. The monoisotopic (exact) mass is 263 g/mol. The van der Waals surface area contributed by atoms with E-state index in [9.17, 15) is 4.39 Å². The van der Waals surface area contributed by atoms with Crippen LogP contribution in [0.25, 0.3) is 0 Å². The molecule has 1 N–H and O–H groups in total. The summed E-state index contributed by atoms with van der Waals surface area (Å²) in [6.07, 6.45) is 2.44. The van der Waals surface area contributed by atoms with Crippen molar-refractivity contribution in [1.29, 1.82) is 0 Å². The van der Waals surface area contributed by atoms with E-state index < -0.39 is 0 Å². The van der Waals surface area contributed by atoms with Gasteiger partial charge in [0.15, 0.2) is 0 Å². The summed E-state index contributed by atoms with van der Waals surface area (Å²) in [5.74, 6) is 1.40. The van der Waals surface area contributed by atoms with Crippen LogP contribution in [0.5, 0.6) is 0 Å². The van der Waals surface area contributed by atoms with Gasteiger partial charge >= 0.3 is 0 Å². The average molecular weight is 263 g/mol. The molecule has 2 rings (SSSR count).